The Morgan fingerprint density at radius 1 is 1.10 bits per heavy atom. The van der Waals surface area contributed by atoms with Crippen LogP contribution in [0.1, 0.15) is 17.2 Å². The molecular weight excluding hydrogens is 397 g/mol. The van der Waals surface area contributed by atoms with E-state index in [0.717, 1.165) is 18.5 Å². The summed E-state index contributed by atoms with van der Waals surface area (Å²) in [5.74, 6) is 0.0988. The third-order valence-corrected chi connectivity index (χ3v) is 5.99. The number of nitrogens with one attached hydrogen (secondary N) is 1. The molecule has 0 saturated heterocycles. The average molecular weight is 417 g/mol. The second-order valence-electron chi connectivity index (χ2n) is 7.95. The molecule has 0 spiro atoms. The molecule has 1 aliphatic heterocycles. The third kappa shape index (κ3) is 2.77. The van der Waals surface area contributed by atoms with Gasteiger partial charge in [0, 0.05) is 17.8 Å². The van der Waals surface area contributed by atoms with Crippen LogP contribution in [0.5, 0.6) is 5.75 Å². The lowest BCUT2D eigenvalue weighted by Gasteiger charge is -2.20. The van der Waals surface area contributed by atoms with Gasteiger partial charge in [-0.2, -0.15) is 5.10 Å². The maximum atomic E-state index is 14.8. The molecule has 6 rings (SSSR count). The first-order valence-electron chi connectivity index (χ1n) is 10.1. The first kappa shape index (κ1) is 17.9. The van der Waals surface area contributed by atoms with Crippen molar-refractivity contribution in [1.82, 2.24) is 19.7 Å². The van der Waals surface area contributed by atoms with Gasteiger partial charge in [-0.15, -0.1) is 0 Å². The van der Waals surface area contributed by atoms with Crippen LogP contribution < -0.4 is 21.5 Å². The van der Waals surface area contributed by atoms with Crippen molar-refractivity contribution in [3.05, 3.63) is 53.6 Å². The van der Waals surface area contributed by atoms with Gasteiger partial charge in [0.25, 0.3) is 0 Å². The van der Waals surface area contributed by atoms with Crippen LogP contribution in [0.15, 0.2) is 36.7 Å². The minimum Gasteiger partial charge on any atom is -0.486 e. The summed E-state index contributed by atoms with van der Waals surface area (Å²) >= 11 is 0. The van der Waals surface area contributed by atoms with Crippen molar-refractivity contribution in [2.75, 3.05) is 29.9 Å². The molecule has 9 heteroatoms. The zero-order chi connectivity index (χ0) is 21.1. The van der Waals surface area contributed by atoms with Gasteiger partial charge in [-0.3, -0.25) is 0 Å². The molecule has 2 aliphatic rings. The molecule has 5 N–H and O–H groups in total. The second-order valence-corrected chi connectivity index (χ2v) is 7.95. The molecule has 31 heavy (non-hydrogen) atoms. The fraction of sp³-hybridized carbons (Fsp3) is 0.227. The molecule has 8 nitrogen and oxygen atoms in total. The molecule has 156 valence electrons. The van der Waals surface area contributed by atoms with Crippen LogP contribution in [0.25, 0.3) is 22.3 Å². The topological polar surface area (TPSA) is 117 Å². The van der Waals surface area contributed by atoms with Crippen LogP contribution in [0.2, 0.25) is 0 Å². The van der Waals surface area contributed by atoms with Crippen molar-refractivity contribution in [3.8, 4) is 17.0 Å². The SMILES string of the molecule is Nc1ccc2c(c1)CC(n1nc(-c3cc(F)c4c(c3)NCCO4)c3c(N)ncnc31)C2. The van der Waals surface area contributed by atoms with Crippen molar-refractivity contribution in [3.63, 3.8) is 0 Å². The summed E-state index contributed by atoms with van der Waals surface area (Å²) in [6, 6.07) is 9.31. The lowest BCUT2D eigenvalue weighted by molar-refractivity contribution is 0.306. The zero-order valence-corrected chi connectivity index (χ0v) is 16.6. The summed E-state index contributed by atoms with van der Waals surface area (Å²) in [4.78, 5) is 8.63. The molecule has 0 fully saturated rings. The van der Waals surface area contributed by atoms with Crippen molar-refractivity contribution in [2.24, 2.45) is 0 Å². The van der Waals surface area contributed by atoms with E-state index in [1.807, 2.05) is 22.9 Å². The molecule has 0 radical (unpaired) electrons. The Kier molecular flexibility index (Phi) is 3.80. The summed E-state index contributed by atoms with van der Waals surface area (Å²) in [6.45, 7) is 1.04. The smallest absolute Gasteiger partial charge is 0.178 e. The number of aromatic nitrogens is 4. The van der Waals surface area contributed by atoms with Crippen LogP contribution in [0, 0.1) is 5.82 Å². The standard InChI is InChI=1S/C22H20FN7O/c23-16-8-13(9-17-20(16)31-4-3-26-17)19-18-21(25)27-10-28-22(18)30(29-19)15-6-11-1-2-14(24)5-12(11)7-15/h1-2,5,8-10,15,26H,3-4,6-7,24H2,(H2,25,27,28). The van der Waals surface area contributed by atoms with Crippen LogP contribution in [0.3, 0.4) is 0 Å². The quantitative estimate of drug-likeness (QED) is 0.429. The van der Waals surface area contributed by atoms with Gasteiger partial charge in [0.2, 0.25) is 0 Å². The number of hydrogen-bond acceptors (Lipinski definition) is 7. The van der Waals surface area contributed by atoms with Crippen LogP contribution >= 0.6 is 0 Å². The number of benzene rings is 2. The molecular formula is C22H20FN7O. The van der Waals surface area contributed by atoms with Crippen LogP contribution in [-0.2, 0) is 12.8 Å². The van der Waals surface area contributed by atoms with Gasteiger partial charge >= 0.3 is 0 Å². The van der Waals surface area contributed by atoms with E-state index in [2.05, 4.69) is 21.4 Å². The maximum absolute atomic E-state index is 14.8. The number of halogens is 1. The summed E-state index contributed by atoms with van der Waals surface area (Å²) in [5, 5.41) is 8.67. The van der Waals surface area contributed by atoms with E-state index >= 15 is 0 Å². The van der Waals surface area contributed by atoms with E-state index in [4.69, 9.17) is 21.3 Å². The first-order chi connectivity index (χ1) is 15.1. The predicted octanol–water partition coefficient (Wildman–Crippen LogP) is 2.94. The number of ether oxygens (including phenoxy) is 1. The van der Waals surface area contributed by atoms with E-state index in [-0.39, 0.29) is 11.8 Å². The second kappa shape index (κ2) is 6.56. The molecule has 1 aliphatic carbocycles. The summed E-state index contributed by atoms with van der Waals surface area (Å²) in [7, 11) is 0. The lowest BCUT2D eigenvalue weighted by atomic mass is 10.1. The Balaban J connectivity index is 1.51. The highest BCUT2D eigenvalue weighted by Crippen LogP contribution is 2.40. The number of nitrogens with zero attached hydrogens (tertiary/aromatic N) is 4. The molecule has 2 aromatic heterocycles. The average Bonchev–Trinajstić information content (AvgIpc) is 3.35. The fourth-order valence-corrected chi connectivity index (χ4v) is 4.59. The third-order valence-electron chi connectivity index (χ3n) is 5.99. The van der Waals surface area contributed by atoms with E-state index in [9.17, 15) is 4.39 Å². The molecule has 4 aromatic rings. The van der Waals surface area contributed by atoms with Gasteiger partial charge in [-0.1, -0.05) is 6.07 Å². The zero-order valence-electron chi connectivity index (χ0n) is 16.6. The Labute approximate surface area is 177 Å². The van der Waals surface area contributed by atoms with Gasteiger partial charge in [0.05, 0.1) is 17.1 Å². The molecule has 0 amide bonds. The summed E-state index contributed by atoms with van der Waals surface area (Å²) < 4.78 is 22.1. The maximum Gasteiger partial charge on any atom is 0.178 e. The molecule has 0 bridgehead atoms. The molecule has 1 unspecified atom stereocenters. The molecule has 2 aromatic carbocycles. The molecule has 1 atom stereocenters. The van der Waals surface area contributed by atoms with Gasteiger partial charge in [0.15, 0.2) is 17.2 Å². The van der Waals surface area contributed by atoms with Crippen molar-refractivity contribution in [1.29, 1.82) is 0 Å². The van der Waals surface area contributed by atoms with Crippen molar-refractivity contribution in [2.45, 2.75) is 18.9 Å². The Morgan fingerprint density at radius 2 is 1.97 bits per heavy atom. The van der Waals surface area contributed by atoms with Crippen LogP contribution in [0.4, 0.5) is 21.6 Å². The number of nitrogen functional groups attached to an aromatic ring is 2. The van der Waals surface area contributed by atoms with Crippen LogP contribution in [-0.4, -0.2) is 32.9 Å². The normalized spacial score (nSPS) is 17.1. The molecule has 3 heterocycles. The Morgan fingerprint density at radius 3 is 2.87 bits per heavy atom. The number of anilines is 3. The monoisotopic (exact) mass is 417 g/mol. The fourth-order valence-electron chi connectivity index (χ4n) is 4.59. The number of rotatable bonds is 2. The van der Waals surface area contributed by atoms with Crippen molar-refractivity contribution < 1.29 is 9.13 Å². The summed E-state index contributed by atoms with van der Waals surface area (Å²) in [5.41, 5.74) is 17.8. The van der Waals surface area contributed by atoms with Gasteiger partial charge < -0.3 is 21.5 Å². The predicted molar refractivity (Wildman–Crippen MR) is 116 cm³/mol. The van der Waals surface area contributed by atoms with Crippen molar-refractivity contribution >= 4 is 28.2 Å². The highest BCUT2D eigenvalue weighted by atomic mass is 19.1. The first-order valence-corrected chi connectivity index (χ1v) is 10.1. The highest BCUT2D eigenvalue weighted by Gasteiger charge is 2.28. The number of nitrogens with two attached hydrogens (primary N) is 2. The summed E-state index contributed by atoms with van der Waals surface area (Å²) in [6.07, 6.45) is 3.03. The largest absolute Gasteiger partial charge is 0.486 e. The minimum atomic E-state index is -0.443. The number of hydrogen-bond donors (Lipinski definition) is 3. The van der Waals surface area contributed by atoms with Gasteiger partial charge in [0.1, 0.15) is 24.4 Å². The Bertz CT molecular complexity index is 1350. The van der Waals surface area contributed by atoms with E-state index in [1.165, 1.54) is 23.5 Å². The minimum absolute atomic E-state index is 0.0614. The highest BCUT2D eigenvalue weighted by molar-refractivity contribution is 5.99. The van der Waals surface area contributed by atoms with Gasteiger partial charge in [-0.05, 0) is 48.2 Å². The van der Waals surface area contributed by atoms with E-state index < -0.39 is 5.82 Å². The van der Waals surface area contributed by atoms with E-state index in [1.54, 1.807) is 0 Å². The number of fused-ring (bicyclic) bond motifs is 3. The molecule has 0 saturated carbocycles. The van der Waals surface area contributed by atoms with Gasteiger partial charge in [-0.25, -0.2) is 19.0 Å². The lowest BCUT2D eigenvalue weighted by Crippen LogP contribution is -2.19. The Hall–Kier alpha value is -3.88. The van der Waals surface area contributed by atoms with E-state index in [0.29, 0.717) is 46.9 Å².